The maximum absolute atomic E-state index is 13.0. The maximum atomic E-state index is 13.0. The van der Waals surface area contributed by atoms with E-state index in [1.165, 1.54) is 24.3 Å². The van der Waals surface area contributed by atoms with Crippen molar-refractivity contribution in [1.82, 2.24) is 0 Å². The average molecular weight is 395 g/mol. The van der Waals surface area contributed by atoms with E-state index in [0.717, 1.165) is 19.3 Å². The number of anilines is 1. The first kappa shape index (κ1) is 19.3. The fourth-order valence-corrected chi connectivity index (χ4v) is 4.77. The molecule has 0 aromatic heterocycles. The highest BCUT2D eigenvalue weighted by atomic mass is 19.1. The van der Waals surface area contributed by atoms with Crippen molar-refractivity contribution in [2.45, 2.75) is 19.3 Å². The predicted octanol–water partition coefficient (Wildman–Crippen LogP) is 3.85. The Morgan fingerprint density at radius 1 is 0.931 bits per heavy atom. The third kappa shape index (κ3) is 4.06. The second-order valence-corrected chi connectivity index (χ2v) is 7.78. The van der Waals surface area contributed by atoms with E-state index >= 15 is 0 Å². The largest absolute Gasteiger partial charge is 0.455 e. The normalized spacial score (nSPS) is 24.9. The summed E-state index contributed by atoms with van der Waals surface area (Å²) in [4.78, 5) is 37.9. The lowest BCUT2D eigenvalue weighted by Crippen LogP contribution is -2.37. The van der Waals surface area contributed by atoms with E-state index in [4.69, 9.17) is 4.74 Å². The number of hydrogen-bond acceptors (Lipinski definition) is 4. The number of halogens is 1. The molecule has 6 heteroatoms. The van der Waals surface area contributed by atoms with Gasteiger partial charge in [-0.2, -0.15) is 0 Å². The molecule has 0 spiro atoms. The standard InChI is InChI=1S/C23H22FNO4/c24-17-8-10-18(11-9-17)25-19(26)13-29-23(28)21-16-7-6-15(12-16)20(21)22(27)14-4-2-1-3-5-14/h1-5,8-11,15-16,20-21H,6-7,12-13H2,(H,25,26)/t15-,16-,20+,21+/m0/s1. The van der Waals surface area contributed by atoms with Crippen LogP contribution in [0.5, 0.6) is 0 Å². The summed E-state index contributed by atoms with van der Waals surface area (Å²) in [7, 11) is 0. The number of ether oxygens (including phenoxy) is 1. The zero-order valence-electron chi connectivity index (χ0n) is 15.8. The Morgan fingerprint density at radius 2 is 1.59 bits per heavy atom. The number of Topliss-reactive ketones (excluding diaryl/α,β-unsaturated/α-hetero) is 1. The van der Waals surface area contributed by atoms with Gasteiger partial charge in [0, 0.05) is 17.2 Å². The van der Waals surface area contributed by atoms with Gasteiger partial charge >= 0.3 is 5.97 Å². The summed E-state index contributed by atoms with van der Waals surface area (Å²) in [6, 6.07) is 14.3. The van der Waals surface area contributed by atoms with Crippen LogP contribution in [-0.2, 0) is 14.3 Å². The minimum Gasteiger partial charge on any atom is -0.455 e. The van der Waals surface area contributed by atoms with E-state index in [2.05, 4.69) is 5.32 Å². The molecular formula is C23H22FNO4. The van der Waals surface area contributed by atoms with Crippen molar-refractivity contribution < 1.29 is 23.5 Å². The quantitative estimate of drug-likeness (QED) is 0.596. The molecule has 2 aromatic rings. The molecule has 29 heavy (non-hydrogen) atoms. The molecule has 2 bridgehead atoms. The molecule has 0 radical (unpaired) electrons. The Hall–Kier alpha value is -3.02. The number of nitrogens with one attached hydrogen (secondary N) is 1. The summed E-state index contributed by atoms with van der Waals surface area (Å²) in [6.07, 6.45) is 2.71. The molecular weight excluding hydrogens is 373 g/mol. The first-order valence-electron chi connectivity index (χ1n) is 9.84. The van der Waals surface area contributed by atoms with E-state index in [9.17, 15) is 18.8 Å². The van der Waals surface area contributed by atoms with Crippen LogP contribution in [0.3, 0.4) is 0 Å². The number of carbonyl (C=O) groups is 3. The van der Waals surface area contributed by atoms with Crippen LogP contribution in [0.25, 0.3) is 0 Å². The molecule has 0 aliphatic heterocycles. The fourth-order valence-electron chi connectivity index (χ4n) is 4.77. The average Bonchev–Trinajstić information content (AvgIpc) is 3.35. The highest BCUT2D eigenvalue weighted by Crippen LogP contribution is 2.53. The Kier molecular flexibility index (Phi) is 5.43. The van der Waals surface area contributed by atoms with Crippen LogP contribution in [0.1, 0.15) is 29.6 Å². The number of carbonyl (C=O) groups excluding carboxylic acids is 3. The Bertz CT molecular complexity index is 912. The number of benzene rings is 2. The van der Waals surface area contributed by atoms with Gasteiger partial charge in [0.2, 0.25) is 0 Å². The first-order valence-corrected chi connectivity index (χ1v) is 9.84. The van der Waals surface area contributed by atoms with E-state index < -0.39 is 30.2 Å². The lowest BCUT2D eigenvalue weighted by atomic mass is 9.75. The minimum absolute atomic E-state index is 0.0180. The molecule has 0 heterocycles. The van der Waals surface area contributed by atoms with Gasteiger partial charge < -0.3 is 10.1 Å². The Balaban J connectivity index is 1.39. The van der Waals surface area contributed by atoms with Crippen LogP contribution < -0.4 is 5.32 Å². The van der Waals surface area contributed by atoms with Gasteiger partial charge in [-0.25, -0.2) is 4.39 Å². The van der Waals surface area contributed by atoms with Crippen LogP contribution in [0, 0.1) is 29.5 Å². The molecule has 2 saturated carbocycles. The van der Waals surface area contributed by atoms with E-state index in [1.54, 1.807) is 12.1 Å². The van der Waals surface area contributed by atoms with Crippen LogP contribution in [0.2, 0.25) is 0 Å². The van der Waals surface area contributed by atoms with Gasteiger partial charge in [-0.15, -0.1) is 0 Å². The van der Waals surface area contributed by atoms with Crippen molar-refractivity contribution in [3.63, 3.8) is 0 Å². The van der Waals surface area contributed by atoms with Gasteiger partial charge in [-0.3, -0.25) is 14.4 Å². The molecule has 2 fully saturated rings. The second-order valence-electron chi connectivity index (χ2n) is 7.78. The van der Waals surface area contributed by atoms with Gasteiger partial charge in [0.1, 0.15) is 5.82 Å². The smallest absolute Gasteiger partial charge is 0.310 e. The molecule has 2 aliphatic rings. The summed E-state index contributed by atoms with van der Waals surface area (Å²) in [6.45, 7) is -0.434. The zero-order valence-corrected chi connectivity index (χ0v) is 15.8. The lowest BCUT2D eigenvalue weighted by Gasteiger charge is -2.28. The molecule has 0 unspecified atom stereocenters. The van der Waals surface area contributed by atoms with Crippen molar-refractivity contribution >= 4 is 23.3 Å². The van der Waals surface area contributed by atoms with E-state index in [1.807, 2.05) is 18.2 Å². The van der Waals surface area contributed by atoms with Gasteiger partial charge in [0.05, 0.1) is 5.92 Å². The Morgan fingerprint density at radius 3 is 2.28 bits per heavy atom. The minimum atomic E-state index is -0.501. The number of esters is 1. The maximum Gasteiger partial charge on any atom is 0.310 e. The lowest BCUT2D eigenvalue weighted by molar-refractivity contribution is -0.154. The van der Waals surface area contributed by atoms with Crippen molar-refractivity contribution in [2.75, 3.05) is 11.9 Å². The van der Waals surface area contributed by atoms with Crippen molar-refractivity contribution in [2.24, 2.45) is 23.7 Å². The number of fused-ring (bicyclic) bond motifs is 2. The second kappa shape index (κ2) is 8.15. The third-order valence-corrected chi connectivity index (χ3v) is 6.02. The topological polar surface area (TPSA) is 72.5 Å². The van der Waals surface area contributed by atoms with E-state index in [-0.39, 0.29) is 23.5 Å². The first-order chi connectivity index (χ1) is 14.0. The van der Waals surface area contributed by atoms with Crippen LogP contribution in [0.4, 0.5) is 10.1 Å². The number of amides is 1. The van der Waals surface area contributed by atoms with Crippen LogP contribution in [-0.4, -0.2) is 24.3 Å². The molecule has 2 aromatic carbocycles. The summed E-state index contributed by atoms with van der Waals surface area (Å²) in [5.74, 6) is -1.97. The van der Waals surface area contributed by atoms with Gasteiger partial charge in [0.25, 0.3) is 5.91 Å². The third-order valence-electron chi connectivity index (χ3n) is 6.02. The summed E-state index contributed by atoms with van der Waals surface area (Å²) >= 11 is 0. The monoisotopic (exact) mass is 395 g/mol. The number of rotatable bonds is 6. The fraction of sp³-hybridized carbons (Fsp3) is 0.348. The van der Waals surface area contributed by atoms with Crippen molar-refractivity contribution in [1.29, 1.82) is 0 Å². The molecule has 4 rings (SSSR count). The van der Waals surface area contributed by atoms with E-state index in [0.29, 0.717) is 11.3 Å². The van der Waals surface area contributed by atoms with Gasteiger partial charge in [0.15, 0.2) is 12.4 Å². The zero-order chi connectivity index (χ0) is 20.4. The molecule has 2 aliphatic carbocycles. The van der Waals surface area contributed by atoms with Crippen LogP contribution >= 0.6 is 0 Å². The summed E-state index contributed by atoms with van der Waals surface area (Å²) in [5, 5.41) is 2.56. The molecule has 150 valence electrons. The molecule has 5 nitrogen and oxygen atoms in total. The predicted molar refractivity (Wildman–Crippen MR) is 105 cm³/mol. The summed E-state index contributed by atoms with van der Waals surface area (Å²) in [5.41, 5.74) is 1.03. The Labute approximate surface area is 168 Å². The van der Waals surface area contributed by atoms with Crippen molar-refractivity contribution in [3.05, 3.63) is 66.0 Å². The number of hydrogen-bond donors (Lipinski definition) is 1. The summed E-state index contributed by atoms with van der Waals surface area (Å²) < 4.78 is 18.2. The highest BCUT2D eigenvalue weighted by molar-refractivity contribution is 6.01. The van der Waals surface area contributed by atoms with Crippen molar-refractivity contribution in [3.8, 4) is 0 Å². The molecule has 0 saturated heterocycles. The van der Waals surface area contributed by atoms with Crippen LogP contribution in [0.15, 0.2) is 54.6 Å². The molecule has 4 atom stereocenters. The molecule has 1 amide bonds. The number of ketones is 1. The van der Waals surface area contributed by atoms with Gasteiger partial charge in [-0.05, 0) is 55.4 Å². The molecule has 1 N–H and O–H groups in total. The van der Waals surface area contributed by atoms with Gasteiger partial charge in [-0.1, -0.05) is 30.3 Å². The highest BCUT2D eigenvalue weighted by Gasteiger charge is 2.54. The SMILES string of the molecule is O=C(COC(=O)[C@@H]1[C@H]2CC[C@@H](C2)[C@H]1C(=O)c1ccccc1)Nc1ccc(F)cc1.